The number of aryl methyl sites for hydroxylation is 1. The Hall–Kier alpha value is -2.29. The zero-order valence-corrected chi connectivity index (χ0v) is 13.4. The van der Waals surface area contributed by atoms with Crippen LogP contribution >= 0.6 is 0 Å². The summed E-state index contributed by atoms with van der Waals surface area (Å²) in [6.07, 6.45) is 0.508. The molecule has 2 rings (SSSR count). The minimum atomic E-state index is 0.186. The standard InChI is InChI=1S/C19H24N2O/c1-3-21(15-17-7-5-4-6-8-17)19(22)13-14-20-18-11-9-16(2)10-12-18/h4-12,20H,3,13-15H2,1-2H3. The molecule has 0 spiro atoms. The van der Waals surface area contributed by atoms with E-state index in [4.69, 9.17) is 0 Å². The summed E-state index contributed by atoms with van der Waals surface area (Å²) in [4.78, 5) is 14.2. The summed E-state index contributed by atoms with van der Waals surface area (Å²) < 4.78 is 0. The zero-order chi connectivity index (χ0) is 15.8. The minimum Gasteiger partial charge on any atom is -0.385 e. The van der Waals surface area contributed by atoms with Crippen LogP contribution in [0.5, 0.6) is 0 Å². The number of amides is 1. The third-order valence-corrected chi connectivity index (χ3v) is 3.67. The summed E-state index contributed by atoms with van der Waals surface area (Å²) in [5.74, 6) is 0.186. The quantitative estimate of drug-likeness (QED) is 0.842. The number of hydrogen-bond acceptors (Lipinski definition) is 2. The third-order valence-electron chi connectivity index (χ3n) is 3.67. The Labute approximate surface area is 133 Å². The first-order valence-electron chi connectivity index (χ1n) is 7.81. The lowest BCUT2D eigenvalue weighted by atomic mass is 10.2. The van der Waals surface area contributed by atoms with Gasteiger partial charge in [-0.2, -0.15) is 0 Å². The second kappa shape index (κ2) is 8.23. The molecule has 0 radical (unpaired) electrons. The first-order chi connectivity index (χ1) is 10.7. The highest BCUT2D eigenvalue weighted by atomic mass is 16.2. The molecule has 3 nitrogen and oxygen atoms in total. The van der Waals surface area contributed by atoms with Crippen molar-refractivity contribution in [2.45, 2.75) is 26.8 Å². The van der Waals surface area contributed by atoms with E-state index >= 15 is 0 Å². The van der Waals surface area contributed by atoms with Crippen molar-refractivity contribution in [2.75, 3.05) is 18.4 Å². The summed E-state index contributed by atoms with van der Waals surface area (Å²) in [5.41, 5.74) is 3.47. The van der Waals surface area contributed by atoms with Crippen molar-refractivity contribution < 1.29 is 4.79 Å². The van der Waals surface area contributed by atoms with E-state index < -0.39 is 0 Å². The molecule has 0 bridgehead atoms. The number of nitrogens with zero attached hydrogens (tertiary/aromatic N) is 1. The van der Waals surface area contributed by atoms with Crippen LogP contribution in [0.3, 0.4) is 0 Å². The molecule has 116 valence electrons. The Bertz CT molecular complexity index is 578. The molecule has 0 aliphatic heterocycles. The lowest BCUT2D eigenvalue weighted by molar-refractivity contribution is -0.131. The van der Waals surface area contributed by atoms with E-state index in [-0.39, 0.29) is 5.91 Å². The van der Waals surface area contributed by atoms with Gasteiger partial charge in [0.05, 0.1) is 0 Å². The summed E-state index contributed by atoms with van der Waals surface area (Å²) in [6.45, 7) is 6.16. The number of carbonyl (C=O) groups excluding carboxylic acids is 1. The molecule has 0 saturated carbocycles. The van der Waals surface area contributed by atoms with Gasteiger partial charge in [-0.05, 0) is 31.5 Å². The maximum absolute atomic E-state index is 12.3. The summed E-state index contributed by atoms with van der Waals surface area (Å²) in [6, 6.07) is 18.3. The maximum Gasteiger partial charge on any atom is 0.224 e. The van der Waals surface area contributed by atoms with Crippen molar-refractivity contribution in [1.82, 2.24) is 4.90 Å². The molecule has 2 aromatic rings. The van der Waals surface area contributed by atoms with Crippen LogP contribution < -0.4 is 5.32 Å². The molecule has 1 N–H and O–H groups in total. The Morgan fingerprint density at radius 1 is 1.05 bits per heavy atom. The minimum absolute atomic E-state index is 0.186. The molecule has 22 heavy (non-hydrogen) atoms. The van der Waals surface area contributed by atoms with Crippen molar-refractivity contribution in [2.24, 2.45) is 0 Å². The molecular formula is C19H24N2O. The first-order valence-corrected chi connectivity index (χ1v) is 7.81. The average Bonchev–Trinajstić information content (AvgIpc) is 2.55. The van der Waals surface area contributed by atoms with Gasteiger partial charge in [-0.25, -0.2) is 0 Å². The normalized spacial score (nSPS) is 10.3. The van der Waals surface area contributed by atoms with Crippen LogP contribution in [0.2, 0.25) is 0 Å². The number of anilines is 1. The molecule has 0 atom stereocenters. The topological polar surface area (TPSA) is 32.3 Å². The molecular weight excluding hydrogens is 272 g/mol. The molecule has 0 heterocycles. The molecule has 0 unspecified atom stereocenters. The van der Waals surface area contributed by atoms with Gasteiger partial charge in [0.15, 0.2) is 0 Å². The monoisotopic (exact) mass is 296 g/mol. The Morgan fingerprint density at radius 2 is 1.73 bits per heavy atom. The van der Waals surface area contributed by atoms with Gasteiger partial charge in [-0.15, -0.1) is 0 Å². The van der Waals surface area contributed by atoms with Gasteiger partial charge in [0, 0.05) is 31.7 Å². The van der Waals surface area contributed by atoms with E-state index in [1.54, 1.807) is 0 Å². The van der Waals surface area contributed by atoms with Crippen molar-refractivity contribution in [3.05, 3.63) is 65.7 Å². The fourth-order valence-electron chi connectivity index (χ4n) is 2.32. The predicted octanol–water partition coefficient (Wildman–Crippen LogP) is 3.85. The van der Waals surface area contributed by atoms with Gasteiger partial charge in [0.2, 0.25) is 5.91 Å². The maximum atomic E-state index is 12.3. The number of benzene rings is 2. The highest BCUT2D eigenvalue weighted by Crippen LogP contribution is 2.09. The van der Waals surface area contributed by atoms with E-state index in [0.29, 0.717) is 19.5 Å². The van der Waals surface area contributed by atoms with Gasteiger partial charge in [0.1, 0.15) is 0 Å². The van der Waals surface area contributed by atoms with E-state index in [0.717, 1.165) is 12.2 Å². The number of carbonyl (C=O) groups is 1. The number of rotatable bonds is 7. The molecule has 0 aliphatic carbocycles. The van der Waals surface area contributed by atoms with E-state index in [2.05, 4.69) is 36.5 Å². The lowest BCUT2D eigenvalue weighted by Crippen LogP contribution is -2.31. The Kier molecular flexibility index (Phi) is 6.01. The van der Waals surface area contributed by atoms with Crippen LogP contribution in [0.4, 0.5) is 5.69 Å². The SMILES string of the molecule is CCN(Cc1ccccc1)C(=O)CCNc1ccc(C)cc1. The van der Waals surface area contributed by atoms with Crippen LogP contribution in [-0.2, 0) is 11.3 Å². The second-order valence-corrected chi connectivity index (χ2v) is 5.44. The smallest absolute Gasteiger partial charge is 0.224 e. The van der Waals surface area contributed by atoms with E-state index in [1.165, 1.54) is 11.1 Å². The van der Waals surface area contributed by atoms with Gasteiger partial charge in [-0.1, -0.05) is 48.0 Å². The van der Waals surface area contributed by atoms with E-state index in [1.807, 2.05) is 42.2 Å². The third kappa shape index (κ3) is 4.92. The fourth-order valence-corrected chi connectivity index (χ4v) is 2.32. The van der Waals surface area contributed by atoms with E-state index in [9.17, 15) is 4.79 Å². The lowest BCUT2D eigenvalue weighted by Gasteiger charge is -2.21. The van der Waals surface area contributed by atoms with Gasteiger partial charge in [0.25, 0.3) is 0 Å². The van der Waals surface area contributed by atoms with Crippen LogP contribution in [-0.4, -0.2) is 23.9 Å². The number of hydrogen-bond donors (Lipinski definition) is 1. The zero-order valence-electron chi connectivity index (χ0n) is 13.4. The van der Waals surface area contributed by atoms with Crippen molar-refractivity contribution in [3.8, 4) is 0 Å². The molecule has 1 amide bonds. The second-order valence-electron chi connectivity index (χ2n) is 5.44. The molecule has 3 heteroatoms. The molecule has 2 aromatic carbocycles. The Balaban J connectivity index is 1.80. The summed E-state index contributed by atoms with van der Waals surface area (Å²) in [5, 5.41) is 3.30. The van der Waals surface area contributed by atoms with Crippen LogP contribution in [0, 0.1) is 6.92 Å². The first kappa shape index (κ1) is 16.1. The molecule has 0 aromatic heterocycles. The summed E-state index contributed by atoms with van der Waals surface area (Å²) in [7, 11) is 0. The summed E-state index contributed by atoms with van der Waals surface area (Å²) >= 11 is 0. The van der Waals surface area contributed by atoms with Crippen LogP contribution in [0.15, 0.2) is 54.6 Å². The van der Waals surface area contributed by atoms with Gasteiger partial charge < -0.3 is 10.2 Å². The largest absolute Gasteiger partial charge is 0.385 e. The van der Waals surface area contributed by atoms with Crippen molar-refractivity contribution in [1.29, 1.82) is 0 Å². The highest BCUT2D eigenvalue weighted by Gasteiger charge is 2.11. The molecule has 0 saturated heterocycles. The van der Waals surface area contributed by atoms with Crippen molar-refractivity contribution >= 4 is 11.6 Å². The average molecular weight is 296 g/mol. The van der Waals surface area contributed by atoms with Crippen LogP contribution in [0.1, 0.15) is 24.5 Å². The molecule has 0 fully saturated rings. The van der Waals surface area contributed by atoms with Gasteiger partial charge in [-0.3, -0.25) is 4.79 Å². The molecule has 0 aliphatic rings. The highest BCUT2D eigenvalue weighted by molar-refractivity contribution is 5.76. The fraction of sp³-hybridized carbons (Fsp3) is 0.316. The number of nitrogens with one attached hydrogen (secondary N) is 1. The predicted molar refractivity (Wildman–Crippen MR) is 91.8 cm³/mol. The van der Waals surface area contributed by atoms with Crippen molar-refractivity contribution in [3.63, 3.8) is 0 Å². The van der Waals surface area contributed by atoms with Gasteiger partial charge >= 0.3 is 0 Å². The Morgan fingerprint density at radius 3 is 2.36 bits per heavy atom. The van der Waals surface area contributed by atoms with Crippen LogP contribution in [0.25, 0.3) is 0 Å².